The Labute approximate surface area is 115 Å². The summed E-state index contributed by atoms with van der Waals surface area (Å²) in [6.45, 7) is 2.41. The van der Waals surface area contributed by atoms with Crippen LogP contribution >= 0.6 is 0 Å². The van der Waals surface area contributed by atoms with Gasteiger partial charge < -0.3 is 9.47 Å². The molecular formula is C13H21NO4S. The van der Waals surface area contributed by atoms with E-state index in [-0.39, 0.29) is 5.75 Å². The number of ether oxygens (including phenoxy) is 2. The highest BCUT2D eigenvalue weighted by Gasteiger charge is 2.11. The van der Waals surface area contributed by atoms with E-state index in [1.165, 1.54) is 0 Å². The Hall–Kier alpha value is -1.27. The highest BCUT2D eigenvalue weighted by atomic mass is 32.2. The van der Waals surface area contributed by atoms with Crippen LogP contribution in [0.2, 0.25) is 0 Å². The van der Waals surface area contributed by atoms with Crippen LogP contribution < -0.4 is 14.2 Å². The number of hydrogen-bond donors (Lipinski definition) is 1. The average Bonchev–Trinajstić information content (AvgIpc) is 2.42. The molecule has 1 N–H and O–H groups in total. The van der Waals surface area contributed by atoms with Crippen LogP contribution in [0.25, 0.3) is 0 Å². The molecule has 0 fully saturated rings. The van der Waals surface area contributed by atoms with Crippen LogP contribution in [0, 0.1) is 0 Å². The van der Waals surface area contributed by atoms with Crippen molar-refractivity contribution in [2.75, 3.05) is 26.5 Å². The van der Waals surface area contributed by atoms with Crippen LogP contribution in [-0.2, 0) is 16.4 Å². The topological polar surface area (TPSA) is 64.6 Å². The van der Waals surface area contributed by atoms with Crippen molar-refractivity contribution in [2.45, 2.75) is 19.8 Å². The molecule has 1 rings (SSSR count). The van der Waals surface area contributed by atoms with Gasteiger partial charge >= 0.3 is 0 Å². The van der Waals surface area contributed by atoms with Crippen molar-refractivity contribution in [2.24, 2.45) is 0 Å². The normalized spacial score (nSPS) is 11.3. The first-order valence-corrected chi connectivity index (χ1v) is 7.86. The monoisotopic (exact) mass is 287 g/mol. The lowest BCUT2D eigenvalue weighted by atomic mass is 10.1. The summed E-state index contributed by atoms with van der Waals surface area (Å²) in [7, 11) is -0.0764. The molecular weight excluding hydrogens is 266 g/mol. The van der Waals surface area contributed by atoms with E-state index >= 15 is 0 Å². The minimum Gasteiger partial charge on any atom is -0.493 e. The first-order chi connectivity index (χ1) is 9.02. The average molecular weight is 287 g/mol. The predicted molar refractivity (Wildman–Crippen MR) is 75.3 cm³/mol. The van der Waals surface area contributed by atoms with E-state index < -0.39 is 10.0 Å². The molecule has 5 nitrogen and oxygen atoms in total. The molecule has 0 unspecified atom stereocenters. The third-order valence-electron chi connectivity index (χ3n) is 2.68. The lowest BCUT2D eigenvalue weighted by Crippen LogP contribution is -2.27. The van der Waals surface area contributed by atoms with E-state index in [4.69, 9.17) is 9.47 Å². The summed E-state index contributed by atoms with van der Waals surface area (Å²) in [5.41, 5.74) is 0.902. The first-order valence-electron chi connectivity index (χ1n) is 6.20. The smallest absolute Gasteiger partial charge is 0.211 e. The van der Waals surface area contributed by atoms with Crippen molar-refractivity contribution < 1.29 is 17.9 Å². The summed E-state index contributed by atoms with van der Waals surface area (Å²) >= 11 is 0. The molecule has 1 aromatic carbocycles. The lowest BCUT2D eigenvalue weighted by Gasteiger charge is -2.10. The summed E-state index contributed by atoms with van der Waals surface area (Å²) < 4.78 is 36.2. The Morgan fingerprint density at radius 1 is 1.16 bits per heavy atom. The molecule has 0 saturated carbocycles. The molecule has 0 heterocycles. The van der Waals surface area contributed by atoms with Crippen molar-refractivity contribution in [1.29, 1.82) is 0 Å². The van der Waals surface area contributed by atoms with Gasteiger partial charge in [-0.2, -0.15) is 0 Å². The molecule has 1 aromatic rings. The van der Waals surface area contributed by atoms with Gasteiger partial charge in [-0.3, -0.25) is 0 Å². The lowest BCUT2D eigenvalue weighted by molar-refractivity contribution is 0.354. The quantitative estimate of drug-likeness (QED) is 0.788. The van der Waals surface area contributed by atoms with E-state index in [0.717, 1.165) is 12.0 Å². The minimum atomic E-state index is -3.20. The second kappa shape index (κ2) is 7.35. The molecule has 0 aliphatic rings. The highest BCUT2D eigenvalue weighted by Crippen LogP contribution is 2.27. The summed E-state index contributed by atoms with van der Waals surface area (Å²) in [6, 6.07) is 5.42. The fourth-order valence-corrected chi connectivity index (χ4v) is 2.78. The van der Waals surface area contributed by atoms with Gasteiger partial charge in [-0.1, -0.05) is 13.0 Å². The van der Waals surface area contributed by atoms with E-state index in [9.17, 15) is 8.42 Å². The van der Waals surface area contributed by atoms with Gasteiger partial charge in [0.2, 0.25) is 10.0 Å². The maximum Gasteiger partial charge on any atom is 0.211 e. The van der Waals surface area contributed by atoms with Gasteiger partial charge in [0.05, 0.1) is 20.0 Å². The maximum atomic E-state index is 11.7. The van der Waals surface area contributed by atoms with E-state index in [0.29, 0.717) is 24.5 Å². The molecule has 19 heavy (non-hydrogen) atoms. The number of hydrogen-bond acceptors (Lipinski definition) is 4. The molecule has 0 aliphatic heterocycles. The van der Waals surface area contributed by atoms with E-state index in [2.05, 4.69) is 4.72 Å². The Morgan fingerprint density at radius 3 is 2.42 bits per heavy atom. The fourth-order valence-electron chi connectivity index (χ4n) is 1.62. The molecule has 0 aromatic heterocycles. The van der Waals surface area contributed by atoms with Gasteiger partial charge in [0.1, 0.15) is 0 Å². The third kappa shape index (κ3) is 5.08. The SMILES string of the molecule is CCCNS(=O)(=O)CCc1ccc(OC)c(OC)c1. The number of methoxy groups -OCH3 is 2. The van der Waals surface area contributed by atoms with Gasteiger partial charge in [-0.05, 0) is 30.5 Å². The van der Waals surface area contributed by atoms with Crippen molar-refractivity contribution >= 4 is 10.0 Å². The molecule has 0 radical (unpaired) electrons. The van der Waals surface area contributed by atoms with E-state index in [1.54, 1.807) is 26.4 Å². The minimum absolute atomic E-state index is 0.0719. The van der Waals surface area contributed by atoms with Gasteiger partial charge in [-0.15, -0.1) is 0 Å². The zero-order valence-electron chi connectivity index (χ0n) is 11.6. The standard InChI is InChI=1S/C13H21NO4S/c1-4-8-14-19(15,16)9-7-11-5-6-12(17-2)13(10-11)18-3/h5-6,10,14H,4,7-9H2,1-3H3. The van der Waals surface area contributed by atoms with Crippen LogP contribution in [0.3, 0.4) is 0 Å². The number of rotatable bonds is 8. The summed E-state index contributed by atoms with van der Waals surface area (Å²) in [5.74, 6) is 1.32. The van der Waals surface area contributed by atoms with Crippen LogP contribution in [0.1, 0.15) is 18.9 Å². The van der Waals surface area contributed by atoms with Crippen LogP contribution in [0.15, 0.2) is 18.2 Å². The van der Waals surface area contributed by atoms with Crippen LogP contribution in [-0.4, -0.2) is 34.9 Å². The number of nitrogens with one attached hydrogen (secondary N) is 1. The van der Waals surface area contributed by atoms with Crippen molar-refractivity contribution in [3.8, 4) is 11.5 Å². The molecule has 0 bridgehead atoms. The Morgan fingerprint density at radius 2 is 1.84 bits per heavy atom. The number of aryl methyl sites for hydroxylation is 1. The molecule has 0 amide bonds. The molecule has 0 saturated heterocycles. The third-order valence-corrected chi connectivity index (χ3v) is 4.06. The molecule has 108 valence electrons. The van der Waals surface area contributed by atoms with Crippen LogP contribution in [0.4, 0.5) is 0 Å². The summed E-state index contributed by atoms with van der Waals surface area (Å²) in [4.78, 5) is 0. The zero-order chi connectivity index (χ0) is 14.3. The predicted octanol–water partition coefficient (Wildman–Crippen LogP) is 1.58. The first kappa shape index (κ1) is 15.8. The largest absolute Gasteiger partial charge is 0.493 e. The Bertz CT molecular complexity index is 499. The highest BCUT2D eigenvalue weighted by molar-refractivity contribution is 7.89. The second-order valence-corrected chi connectivity index (χ2v) is 6.08. The van der Waals surface area contributed by atoms with Gasteiger partial charge in [0.15, 0.2) is 11.5 Å². The summed E-state index contributed by atoms with van der Waals surface area (Å²) in [6.07, 6.45) is 1.23. The fraction of sp³-hybridized carbons (Fsp3) is 0.538. The molecule has 6 heteroatoms. The number of sulfonamides is 1. The van der Waals surface area contributed by atoms with Crippen LogP contribution in [0.5, 0.6) is 11.5 Å². The number of benzene rings is 1. The Kier molecular flexibility index (Phi) is 6.11. The van der Waals surface area contributed by atoms with Crippen molar-refractivity contribution in [1.82, 2.24) is 4.72 Å². The molecule has 0 atom stereocenters. The van der Waals surface area contributed by atoms with Gasteiger partial charge in [-0.25, -0.2) is 13.1 Å². The van der Waals surface area contributed by atoms with Gasteiger partial charge in [0.25, 0.3) is 0 Å². The molecule has 0 spiro atoms. The zero-order valence-corrected chi connectivity index (χ0v) is 12.4. The van der Waals surface area contributed by atoms with E-state index in [1.807, 2.05) is 13.0 Å². The Balaban J connectivity index is 2.68. The summed E-state index contributed by atoms with van der Waals surface area (Å²) in [5, 5.41) is 0. The van der Waals surface area contributed by atoms with Crippen molar-refractivity contribution in [3.63, 3.8) is 0 Å². The maximum absolute atomic E-state index is 11.7. The van der Waals surface area contributed by atoms with Gasteiger partial charge in [0, 0.05) is 6.54 Å². The van der Waals surface area contributed by atoms with Crippen molar-refractivity contribution in [3.05, 3.63) is 23.8 Å². The second-order valence-electron chi connectivity index (χ2n) is 4.15. The molecule has 0 aliphatic carbocycles.